The Balaban J connectivity index is 2.31. The summed E-state index contributed by atoms with van der Waals surface area (Å²) in [5.41, 5.74) is -0.220. The van der Waals surface area contributed by atoms with Crippen molar-refractivity contribution in [3.63, 3.8) is 0 Å². The summed E-state index contributed by atoms with van der Waals surface area (Å²) in [5.74, 6) is -0.618. The highest BCUT2D eigenvalue weighted by Gasteiger charge is 2.31. The fourth-order valence-corrected chi connectivity index (χ4v) is 3.11. The quantitative estimate of drug-likeness (QED) is 0.802. The third-order valence-corrected chi connectivity index (χ3v) is 4.47. The Morgan fingerprint density at radius 3 is 2.32 bits per heavy atom. The Bertz CT molecular complexity index is 751. The van der Waals surface area contributed by atoms with Gasteiger partial charge in [0.25, 0.3) is 0 Å². The van der Waals surface area contributed by atoms with E-state index in [0.717, 1.165) is 23.9 Å². The van der Waals surface area contributed by atoms with E-state index in [2.05, 4.69) is 10.6 Å². The first-order chi connectivity index (χ1) is 11.8. The van der Waals surface area contributed by atoms with Gasteiger partial charge in [-0.2, -0.15) is 13.2 Å². The Kier molecular flexibility index (Phi) is 6.08. The topological polar surface area (TPSA) is 58.2 Å². The predicted octanol–water partition coefficient (Wildman–Crippen LogP) is 3.99. The molecule has 0 saturated carbocycles. The van der Waals surface area contributed by atoms with Crippen molar-refractivity contribution in [1.82, 2.24) is 10.6 Å². The lowest BCUT2D eigenvalue weighted by molar-refractivity contribution is -0.137. The van der Waals surface area contributed by atoms with Gasteiger partial charge in [-0.15, -0.1) is 11.8 Å². The molecule has 0 aliphatic rings. The molecule has 3 amide bonds. The van der Waals surface area contributed by atoms with Crippen molar-refractivity contribution in [2.45, 2.75) is 16.3 Å². The second-order valence-corrected chi connectivity index (χ2v) is 6.18. The van der Waals surface area contributed by atoms with Crippen molar-refractivity contribution >= 4 is 23.7 Å². The monoisotopic (exact) mass is 368 g/mol. The fourth-order valence-electron chi connectivity index (χ4n) is 2.02. The van der Waals surface area contributed by atoms with E-state index >= 15 is 0 Å². The van der Waals surface area contributed by atoms with Crippen LogP contribution in [0.4, 0.5) is 18.0 Å². The van der Waals surface area contributed by atoms with E-state index in [0.29, 0.717) is 5.56 Å². The number of thioether (sulfide) groups is 1. The number of imide groups is 1. The van der Waals surface area contributed by atoms with Gasteiger partial charge in [0.15, 0.2) is 0 Å². The Labute approximate surface area is 146 Å². The van der Waals surface area contributed by atoms with Gasteiger partial charge >= 0.3 is 12.2 Å². The van der Waals surface area contributed by atoms with Gasteiger partial charge in [-0.3, -0.25) is 10.1 Å². The van der Waals surface area contributed by atoms with Crippen LogP contribution in [0.2, 0.25) is 0 Å². The predicted molar refractivity (Wildman–Crippen MR) is 89.1 cm³/mol. The van der Waals surface area contributed by atoms with Crippen molar-refractivity contribution in [1.29, 1.82) is 0 Å². The zero-order chi connectivity index (χ0) is 18.4. The molecule has 25 heavy (non-hydrogen) atoms. The van der Waals surface area contributed by atoms with E-state index in [1.54, 1.807) is 30.3 Å². The summed E-state index contributed by atoms with van der Waals surface area (Å²) in [6.45, 7) is 0. The molecule has 2 rings (SSSR count). The first kappa shape index (κ1) is 18.9. The third-order valence-electron chi connectivity index (χ3n) is 3.22. The molecule has 1 atom stereocenters. The van der Waals surface area contributed by atoms with Gasteiger partial charge in [-0.25, -0.2) is 4.79 Å². The van der Waals surface area contributed by atoms with Gasteiger partial charge in [0, 0.05) is 11.9 Å². The summed E-state index contributed by atoms with van der Waals surface area (Å²) in [6, 6.07) is 12.6. The number of halogens is 3. The van der Waals surface area contributed by atoms with E-state index in [1.807, 2.05) is 0 Å². The molecule has 4 nitrogen and oxygen atoms in total. The maximum atomic E-state index is 12.9. The lowest BCUT2D eigenvalue weighted by Crippen LogP contribution is -2.39. The molecule has 0 radical (unpaired) electrons. The van der Waals surface area contributed by atoms with Gasteiger partial charge in [-0.05, 0) is 23.8 Å². The summed E-state index contributed by atoms with van der Waals surface area (Å²) in [4.78, 5) is 24.1. The number of nitrogens with one attached hydrogen (secondary N) is 2. The molecule has 2 N–H and O–H groups in total. The maximum Gasteiger partial charge on any atom is 0.416 e. The minimum Gasteiger partial charge on any atom is -0.341 e. The molecule has 1 unspecified atom stereocenters. The number of urea groups is 1. The molecule has 0 aromatic heterocycles. The van der Waals surface area contributed by atoms with Crippen LogP contribution in [-0.2, 0) is 11.0 Å². The van der Waals surface area contributed by atoms with Crippen molar-refractivity contribution in [2.75, 3.05) is 7.05 Å². The highest BCUT2D eigenvalue weighted by atomic mass is 32.2. The zero-order valence-corrected chi connectivity index (χ0v) is 13.9. The van der Waals surface area contributed by atoms with E-state index < -0.39 is 28.9 Å². The highest BCUT2D eigenvalue weighted by molar-refractivity contribution is 8.00. The first-order valence-corrected chi connectivity index (χ1v) is 8.10. The zero-order valence-electron chi connectivity index (χ0n) is 13.1. The minimum absolute atomic E-state index is 0.274. The molecule has 0 bridgehead atoms. The van der Waals surface area contributed by atoms with Crippen molar-refractivity contribution in [3.05, 3.63) is 65.7 Å². The van der Waals surface area contributed by atoms with Gasteiger partial charge in [0.2, 0.25) is 5.91 Å². The van der Waals surface area contributed by atoms with Crippen LogP contribution in [0.15, 0.2) is 59.5 Å². The molecule has 0 aliphatic carbocycles. The second-order valence-electron chi connectivity index (χ2n) is 5.00. The average molecular weight is 368 g/mol. The molecule has 8 heteroatoms. The summed E-state index contributed by atoms with van der Waals surface area (Å²) in [7, 11) is 1.36. The molecule has 0 heterocycles. The average Bonchev–Trinajstić information content (AvgIpc) is 2.59. The van der Waals surface area contributed by atoms with Gasteiger partial charge in [0.1, 0.15) is 5.25 Å². The fraction of sp³-hybridized carbons (Fsp3) is 0.176. The molecular formula is C17H15F3N2O2S. The van der Waals surface area contributed by atoms with E-state index in [4.69, 9.17) is 0 Å². The smallest absolute Gasteiger partial charge is 0.341 e. The standard InChI is InChI=1S/C17H15F3N2O2S/c1-21-16(24)22-15(23)14(11-6-3-2-4-7-11)25-13-9-5-8-12(10-13)17(18,19)20/h2-10,14H,1H3,(H2,21,22,23,24). The summed E-state index contributed by atoms with van der Waals surface area (Å²) >= 11 is 0.941. The van der Waals surface area contributed by atoms with Crippen LogP contribution in [0.1, 0.15) is 16.4 Å². The Hall–Kier alpha value is -2.48. The van der Waals surface area contributed by atoms with E-state index in [1.165, 1.54) is 19.2 Å². The van der Waals surface area contributed by atoms with Crippen LogP contribution in [0.5, 0.6) is 0 Å². The van der Waals surface area contributed by atoms with E-state index in [-0.39, 0.29) is 4.90 Å². The molecule has 0 spiro atoms. The van der Waals surface area contributed by atoms with Crippen LogP contribution >= 0.6 is 11.8 Å². The van der Waals surface area contributed by atoms with Crippen LogP contribution in [0.25, 0.3) is 0 Å². The summed E-state index contributed by atoms with van der Waals surface area (Å²) in [6.07, 6.45) is -4.47. The summed E-state index contributed by atoms with van der Waals surface area (Å²) in [5, 5.41) is 3.55. The molecule has 132 valence electrons. The molecule has 2 aromatic carbocycles. The highest BCUT2D eigenvalue weighted by Crippen LogP contribution is 2.38. The third kappa shape index (κ3) is 5.25. The number of carbonyl (C=O) groups excluding carboxylic acids is 2. The number of carbonyl (C=O) groups is 2. The van der Waals surface area contributed by atoms with Gasteiger partial charge < -0.3 is 5.32 Å². The van der Waals surface area contributed by atoms with Crippen molar-refractivity contribution in [2.24, 2.45) is 0 Å². The van der Waals surface area contributed by atoms with Crippen LogP contribution in [0.3, 0.4) is 0 Å². The van der Waals surface area contributed by atoms with Gasteiger partial charge in [0.05, 0.1) is 5.56 Å². The number of hydrogen-bond donors (Lipinski definition) is 2. The molecule has 0 fully saturated rings. The normalized spacial score (nSPS) is 12.3. The SMILES string of the molecule is CNC(=O)NC(=O)C(Sc1cccc(C(F)(F)F)c1)c1ccccc1. The molecule has 0 aliphatic heterocycles. The largest absolute Gasteiger partial charge is 0.416 e. The van der Waals surface area contributed by atoms with Crippen molar-refractivity contribution < 1.29 is 22.8 Å². The lowest BCUT2D eigenvalue weighted by Gasteiger charge is -2.17. The molecular weight excluding hydrogens is 353 g/mol. The maximum absolute atomic E-state index is 12.9. The molecule has 0 saturated heterocycles. The minimum atomic E-state index is -4.47. The molecule has 2 aromatic rings. The van der Waals surface area contributed by atoms with Crippen LogP contribution in [-0.4, -0.2) is 19.0 Å². The van der Waals surface area contributed by atoms with E-state index in [9.17, 15) is 22.8 Å². The number of alkyl halides is 3. The lowest BCUT2D eigenvalue weighted by atomic mass is 10.1. The van der Waals surface area contributed by atoms with Crippen molar-refractivity contribution in [3.8, 4) is 0 Å². The number of benzene rings is 2. The second kappa shape index (κ2) is 8.06. The van der Waals surface area contributed by atoms with Crippen LogP contribution < -0.4 is 10.6 Å². The van der Waals surface area contributed by atoms with Gasteiger partial charge in [-0.1, -0.05) is 36.4 Å². The summed E-state index contributed by atoms with van der Waals surface area (Å²) < 4.78 is 38.6. The number of amides is 3. The van der Waals surface area contributed by atoms with Crippen LogP contribution in [0, 0.1) is 0 Å². The number of rotatable bonds is 4. The Morgan fingerprint density at radius 2 is 1.72 bits per heavy atom. The Morgan fingerprint density at radius 1 is 1.04 bits per heavy atom. The number of hydrogen-bond acceptors (Lipinski definition) is 3. The first-order valence-electron chi connectivity index (χ1n) is 7.22.